The largest absolute Gasteiger partial charge is 0.454 e. The molecule has 0 rings (SSSR count). The molecular weight excluding hydrogens is 140 g/mol. The van der Waals surface area contributed by atoms with Gasteiger partial charge in [0.15, 0.2) is 0 Å². The molecule has 1 unspecified atom stereocenters. The number of carbonyl (C=O) groups excluding carboxylic acids is 1. The van der Waals surface area contributed by atoms with Gasteiger partial charge in [0.25, 0.3) is 0 Å². The molecule has 0 aliphatic carbocycles. The fourth-order valence-electron chi connectivity index (χ4n) is 0.911. The van der Waals surface area contributed by atoms with Gasteiger partial charge < -0.3 is 4.74 Å². The molecule has 0 saturated heterocycles. The van der Waals surface area contributed by atoms with Crippen molar-refractivity contribution in [3.8, 4) is 0 Å². The predicted molar refractivity (Wildman–Crippen MR) is 44.9 cm³/mol. The van der Waals surface area contributed by atoms with Gasteiger partial charge in [-0.15, -0.1) is 6.58 Å². The van der Waals surface area contributed by atoms with Gasteiger partial charge >= 0.3 is 6.47 Å². The third kappa shape index (κ3) is 5.64. The van der Waals surface area contributed by atoms with E-state index in [9.17, 15) is 4.79 Å². The maximum atomic E-state index is 9.87. The molecule has 0 N–H and O–H groups in total. The molecule has 0 fully saturated rings. The van der Waals surface area contributed by atoms with Crippen LogP contribution in [0.25, 0.3) is 0 Å². The van der Waals surface area contributed by atoms with Crippen molar-refractivity contribution in [1.29, 1.82) is 0 Å². The number of ether oxygens (including phenoxy) is 1. The van der Waals surface area contributed by atoms with Crippen LogP contribution in [0.4, 0.5) is 0 Å². The number of hydrogen-bond donors (Lipinski definition) is 0. The first-order valence-electron chi connectivity index (χ1n) is 3.98. The molecule has 0 bridgehead atoms. The zero-order valence-corrected chi connectivity index (χ0v) is 7.01. The zero-order chi connectivity index (χ0) is 8.53. The van der Waals surface area contributed by atoms with E-state index in [2.05, 4.69) is 13.5 Å². The molecule has 0 aromatic rings. The standard InChI is InChI=1S/C9H15O2/c1-3-5-7-9(6-4-2)11-8-10/h4,9H,2-3,5-7H2,1H3. The Balaban J connectivity index is 3.49. The molecule has 2 nitrogen and oxygen atoms in total. The predicted octanol–water partition coefficient (Wildman–Crippen LogP) is 2.21. The summed E-state index contributed by atoms with van der Waals surface area (Å²) < 4.78 is 4.71. The highest BCUT2D eigenvalue weighted by Crippen LogP contribution is 2.07. The summed E-state index contributed by atoms with van der Waals surface area (Å²) in [6.45, 7) is 7.15. The van der Waals surface area contributed by atoms with E-state index in [1.54, 1.807) is 6.08 Å². The van der Waals surface area contributed by atoms with Gasteiger partial charge in [0.2, 0.25) is 0 Å². The lowest BCUT2D eigenvalue weighted by Gasteiger charge is -2.10. The molecule has 0 aliphatic rings. The smallest absolute Gasteiger partial charge is 0.417 e. The van der Waals surface area contributed by atoms with Crippen LogP contribution in [0.3, 0.4) is 0 Å². The Hall–Kier alpha value is -0.790. The molecule has 0 aliphatic heterocycles. The van der Waals surface area contributed by atoms with Crippen LogP contribution in [0, 0.1) is 0 Å². The maximum Gasteiger partial charge on any atom is 0.417 e. The average Bonchev–Trinajstić information content (AvgIpc) is 2.01. The van der Waals surface area contributed by atoms with Gasteiger partial charge in [0.05, 0.1) is 0 Å². The molecule has 0 heterocycles. The lowest BCUT2D eigenvalue weighted by molar-refractivity contribution is 0.167. The quantitative estimate of drug-likeness (QED) is 0.527. The van der Waals surface area contributed by atoms with Gasteiger partial charge in [0, 0.05) is 6.42 Å². The van der Waals surface area contributed by atoms with E-state index in [0.29, 0.717) is 0 Å². The Labute approximate surface area is 68.2 Å². The first-order valence-corrected chi connectivity index (χ1v) is 3.98. The van der Waals surface area contributed by atoms with E-state index in [0.717, 1.165) is 25.7 Å². The molecule has 0 aromatic heterocycles. The summed E-state index contributed by atoms with van der Waals surface area (Å²) in [7, 11) is 0. The van der Waals surface area contributed by atoms with E-state index in [4.69, 9.17) is 4.74 Å². The fraction of sp³-hybridized carbons (Fsp3) is 0.667. The molecular formula is C9H15O2. The van der Waals surface area contributed by atoms with E-state index in [1.807, 2.05) is 0 Å². The number of hydrogen-bond acceptors (Lipinski definition) is 2. The maximum absolute atomic E-state index is 9.87. The first kappa shape index (κ1) is 10.2. The molecule has 11 heavy (non-hydrogen) atoms. The Morgan fingerprint density at radius 2 is 2.45 bits per heavy atom. The molecule has 0 spiro atoms. The third-order valence-electron chi connectivity index (χ3n) is 1.52. The average molecular weight is 155 g/mol. The fourth-order valence-corrected chi connectivity index (χ4v) is 0.911. The summed E-state index contributed by atoms with van der Waals surface area (Å²) in [5.41, 5.74) is 0. The summed E-state index contributed by atoms with van der Waals surface area (Å²) in [6.07, 6.45) is 5.60. The van der Waals surface area contributed by atoms with Gasteiger partial charge in [-0.2, -0.15) is 0 Å². The minimum Gasteiger partial charge on any atom is -0.454 e. The highest BCUT2D eigenvalue weighted by molar-refractivity contribution is 5.38. The lowest BCUT2D eigenvalue weighted by Crippen LogP contribution is -2.10. The van der Waals surface area contributed by atoms with Crippen molar-refractivity contribution < 1.29 is 9.53 Å². The molecule has 0 aromatic carbocycles. The van der Waals surface area contributed by atoms with Crippen LogP contribution in [0.1, 0.15) is 32.6 Å². The second-order valence-electron chi connectivity index (χ2n) is 2.49. The van der Waals surface area contributed by atoms with Crippen molar-refractivity contribution in [3.05, 3.63) is 12.7 Å². The van der Waals surface area contributed by atoms with Gasteiger partial charge in [-0.25, -0.2) is 4.79 Å². The van der Waals surface area contributed by atoms with E-state index in [1.165, 1.54) is 6.47 Å². The molecule has 1 atom stereocenters. The van der Waals surface area contributed by atoms with Crippen molar-refractivity contribution in [2.75, 3.05) is 0 Å². The highest BCUT2D eigenvalue weighted by Gasteiger charge is 2.05. The molecule has 1 radical (unpaired) electrons. The Morgan fingerprint density at radius 3 is 2.91 bits per heavy atom. The Kier molecular flexibility index (Phi) is 6.79. The third-order valence-corrected chi connectivity index (χ3v) is 1.52. The van der Waals surface area contributed by atoms with Crippen molar-refractivity contribution in [1.82, 2.24) is 0 Å². The molecule has 63 valence electrons. The summed E-state index contributed by atoms with van der Waals surface area (Å²) in [4.78, 5) is 9.87. The van der Waals surface area contributed by atoms with Gasteiger partial charge in [-0.1, -0.05) is 25.8 Å². The van der Waals surface area contributed by atoms with E-state index < -0.39 is 0 Å². The molecule has 2 heteroatoms. The molecule has 0 saturated carbocycles. The van der Waals surface area contributed by atoms with Gasteiger partial charge in [0.1, 0.15) is 6.10 Å². The summed E-state index contributed by atoms with van der Waals surface area (Å²) in [5.74, 6) is 0. The van der Waals surface area contributed by atoms with Crippen molar-refractivity contribution in [2.45, 2.75) is 38.7 Å². The Bertz CT molecular complexity index is 100. The number of rotatable bonds is 7. The van der Waals surface area contributed by atoms with Crippen LogP contribution >= 0.6 is 0 Å². The summed E-state index contributed by atoms with van der Waals surface area (Å²) in [6, 6.07) is 0. The van der Waals surface area contributed by atoms with Crippen LogP contribution < -0.4 is 0 Å². The van der Waals surface area contributed by atoms with Crippen LogP contribution in [-0.2, 0) is 9.53 Å². The van der Waals surface area contributed by atoms with Gasteiger partial charge in [-0.05, 0) is 6.42 Å². The van der Waals surface area contributed by atoms with Crippen LogP contribution in [0.2, 0.25) is 0 Å². The SMILES string of the molecule is C=CCC(CCCC)O[C]=O. The minimum absolute atomic E-state index is 0.00931. The van der Waals surface area contributed by atoms with E-state index in [-0.39, 0.29) is 6.10 Å². The normalized spacial score (nSPS) is 12.1. The van der Waals surface area contributed by atoms with Gasteiger partial charge in [-0.3, -0.25) is 0 Å². The van der Waals surface area contributed by atoms with Crippen molar-refractivity contribution in [3.63, 3.8) is 0 Å². The first-order chi connectivity index (χ1) is 5.35. The van der Waals surface area contributed by atoms with Crippen LogP contribution in [0.5, 0.6) is 0 Å². The summed E-state index contributed by atoms with van der Waals surface area (Å²) in [5, 5.41) is 0. The van der Waals surface area contributed by atoms with Crippen LogP contribution in [0.15, 0.2) is 12.7 Å². The van der Waals surface area contributed by atoms with Crippen molar-refractivity contribution >= 4 is 6.47 Å². The topological polar surface area (TPSA) is 26.3 Å². The molecule has 0 amide bonds. The van der Waals surface area contributed by atoms with Crippen LogP contribution in [-0.4, -0.2) is 12.6 Å². The monoisotopic (exact) mass is 155 g/mol. The zero-order valence-electron chi connectivity index (χ0n) is 7.01. The highest BCUT2D eigenvalue weighted by atomic mass is 16.5. The lowest BCUT2D eigenvalue weighted by atomic mass is 10.1. The summed E-state index contributed by atoms with van der Waals surface area (Å²) >= 11 is 0. The minimum atomic E-state index is -0.00931. The van der Waals surface area contributed by atoms with E-state index >= 15 is 0 Å². The number of unbranched alkanes of at least 4 members (excludes halogenated alkanes) is 1. The second kappa shape index (κ2) is 7.32. The van der Waals surface area contributed by atoms with Crippen molar-refractivity contribution in [2.24, 2.45) is 0 Å². The second-order valence-corrected chi connectivity index (χ2v) is 2.49. The Morgan fingerprint density at radius 1 is 1.73 bits per heavy atom.